The van der Waals surface area contributed by atoms with Gasteiger partial charge in [0.1, 0.15) is 11.6 Å². The lowest BCUT2D eigenvalue weighted by atomic mass is 10.1. The highest BCUT2D eigenvalue weighted by atomic mass is 32.2. The Balaban J connectivity index is 1.74. The number of carbonyl (C=O) groups excluding carboxylic acids is 1. The zero-order valence-electron chi connectivity index (χ0n) is 10.5. The first kappa shape index (κ1) is 13.8. The molecular weight excluding hydrogens is 259 g/mol. The average Bonchev–Trinajstić information content (AvgIpc) is 2.43. The van der Waals surface area contributed by atoms with E-state index in [0.717, 1.165) is 11.3 Å². The number of halogens is 1. The number of carbonyl (C=O) groups is 1. The smallest absolute Gasteiger partial charge is 0.147 e. The van der Waals surface area contributed by atoms with Crippen molar-refractivity contribution in [1.82, 2.24) is 0 Å². The fraction of sp³-hybridized carbons (Fsp3) is 0.188. The molecule has 0 radical (unpaired) electrons. The van der Waals surface area contributed by atoms with Crippen molar-refractivity contribution in [2.75, 3.05) is 5.75 Å². The van der Waals surface area contributed by atoms with Crippen LogP contribution in [0, 0.1) is 5.82 Å². The summed E-state index contributed by atoms with van der Waals surface area (Å²) in [6, 6.07) is 16.2. The molecule has 0 saturated carbocycles. The molecule has 0 heterocycles. The van der Waals surface area contributed by atoms with E-state index in [2.05, 4.69) is 12.1 Å². The number of rotatable bonds is 6. The molecular formula is C16H15FOS. The van der Waals surface area contributed by atoms with Crippen LogP contribution < -0.4 is 0 Å². The summed E-state index contributed by atoms with van der Waals surface area (Å²) in [5, 5.41) is 0. The highest BCUT2D eigenvalue weighted by molar-refractivity contribution is 7.99. The predicted octanol–water partition coefficient (Wildman–Crippen LogP) is 3.87. The van der Waals surface area contributed by atoms with Crippen LogP contribution in [0.2, 0.25) is 0 Å². The highest BCUT2D eigenvalue weighted by Crippen LogP contribution is 2.13. The van der Waals surface area contributed by atoms with Gasteiger partial charge in [-0.1, -0.05) is 42.5 Å². The minimum atomic E-state index is -0.269. The lowest BCUT2D eigenvalue weighted by Crippen LogP contribution is -2.05. The number of ketones is 1. The molecule has 0 fully saturated rings. The van der Waals surface area contributed by atoms with Crippen molar-refractivity contribution in [3.8, 4) is 0 Å². The molecule has 2 aromatic rings. The highest BCUT2D eigenvalue weighted by Gasteiger charge is 2.04. The van der Waals surface area contributed by atoms with Crippen LogP contribution in [0.4, 0.5) is 4.39 Å². The Morgan fingerprint density at radius 3 is 2.32 bits per heavy atom. The van der Waals surface area contributed by atoms with Gasteiger partial charge in [-0.3, -0.25) is 4.79 Å². The Bertz CT molecular complexity index is 522. The molecule has 0 aliphatic carbocycles. The normalized spacial score (nSPS) is 10.4. The number of thioether (sulfide) groups is 1. The first-order chi connectivity index (χ1) is 9.24. The van der Waals surface area contributed by atoms with Gasteiger partial charge in [0.2, 0.25) is 0 Å². The van der Waals surface area contributed by atoms with Crippen LogP contribution in [0.1, 0.15) is 11.1 Å². The molecule has 0 bridgehead atoms. The van der Waals surface area contributed by atoms with Gasteiger partial charge < -0.3 is 0 Å². The second kappa shape index (κ2) is 7.10. The maximum atomic E-state index is 12.7. The molecule has 0 unspecified atom stereocenters. The van der Waals surface area contributed by atoms with E-state index in [9.17, 15) is 9.18 Å². The minimum absolute atomic E-state index is 0.174. The van der Waals surface area contributed by atoms with Crippen LogP contribution in [0.5, 0.6) is 0 Å². The number of benzene rings is 2. The van der Waals surface area contributed by atoms with Crippen LogP contribution in [-0.2, 0) is 17.0 Å². The molecule has 0 amide bonds. The fourth-order valence-corrected chi connectivity index (χ4v) is 2.60. The van der Waals surface area contributed by atoms with Crippen molar-refractivity contribution in [1.29, 1.82) is 0 Å². The summed E-state index contributed by atoms with van der Waals surface area (Å²) in [6.45, 7) is 0. The Kier molecular flexibility index (Phi) is 5.16. The molecule has 0 N–H and O–H groups in total. The van der Waals surface area contributed by atoms with Gasteiger partial charge in [0.15, 0.2) is 0 Å². The summed E-state index contributed by atoms with van der Waals surface area (Å²) in [5.74, 6) is 1.24. The summed E-state index contributed by atoms with van der Waals surface area (Å²) in [7, 11) is 0. The Hall–Kier alpha value is -1.61. The molecule has 98 valence electrons. The Morgan fingerprint density at radius 2 is 1.63 bits per heavy atom. The number of hydrogen-bond acceptors (Lipinski definition) is 2. The lowest BCUT2D eigenvalue weighted by molar-refractivity contribution is -0.116. The maximum absolute atomic E-state index is 12.7. The van der Waals surface area contributed by atoms with E-state index in [-0.39, 0.29) is 11.6 Å². The number of Topliss-reactive ketones (excluding diaryl/α,β-unsaturated/α-hetero) is 1. The summed E-state index contributed by atoms with van der Waals surface area (Å²) < 4.78 is 12.7. The van der Waals surface area contributed by atoms with E-state index in [0.29, 0.717) is 12.2 Å². The van der Waals surface area contributed by atoms with Gasteiger partial charge in [-0.15, -0.1) is 11.8 Å². The minimum Gasteiger partial charge on any atom is -0.298 e. The van der Waals surface area contributed by atoms with Crippen molar-refractivity contribution in [2.45, 2.75) is 12.2 Å². The topological polar surface area (TPSA) is 17.1 Å². The third-order valence-corrected chi connectivity index (χ3v) is 3.75. The van der Waals surface area contributed by atoms with E-state index >= 15 is 0 Å². The summed E-state index contributed by atoms with van der Waals surface area (Å²) in [5.41, 5.74) is 2.09. The SMILES string of the molecule is O=C(CSCc1ccccc1)Cc1ccc(F)cc1. The van der Waals surface area contributed by atoms with Gasteiger partial charge in [-0.2, -0.15) is 0 Å². The molecule has 0 spiro atoms. The first-order valence-corrected chi connectivity index (χ1v) is 7.27. The molecule has 0 aliphatic rings. The molecule has 0 aromatic heterocycles. The fourth-order valence-electron chi connectivity index (χ4n) is 1.74. The molecule has 1 nitrogen and oxygen atoms in total. The van der Waals surface area contributed by atoms with E-state index in [1.807, 2.05) is 18.2 Å². The van der Waals surface area contributed by atoms with Gasteiger partial charge in [0.25, 0.3) is 0 Å². The molecule has 3 heteroatoms. The molecule has 2 rings (SSSR count). The molecule has 2 aromatic carbocycles. The van der Waals surface area contributed by atoms with Gasteiger partial charge in [0, 0.05) is 12.2 Å². The zero-order valence-corrected chi connectivity index (χ0v) is 11.3. The second-order valence-corrected chi connectivity index (χ2v) is 5.31. The van der Waals surface area contributed by atoms with E-state index in [1.165, 1.54) is 17.7 Å². The van der Waals surface area contributed by atoms with E-state index in [1.54, 1.807) is 23.9 Å². The van der Waals surface area contributed by atoms with Crippen molar-refractivity contribution in [2.24, 2.45) is 0 Å². The third kappa shape index (κ3) is 4.87. The van der Waals surface area contributed by atoms with Gasteiger partial charge in [0.05, 0.1) is 5.75 Å². The summed E-state index contributed by atoms with van der Waals surface area (Å²) in [6.07, 6.45) is 0.377. The van der Waals surface area contributed by atoms with Crippen molar-refractivity contribution in [3.05, 3.63) is 71.5 Å². The van der Waals surface area contributed by atoms with Crippen LogP contribution >= 0.6 is 11.8 Å². The molecule has 0 aliphatic heterocycles. The van der Waals surface area contributed by atoms with Crippen molar-refractivity contribution >= 4 is 17.5 Å². The molecule has 0 atom stereocenters. The van der Waals surface area contributed by atoms with E-state index in [4.69, 9.17) is 0 Å². The Labute approximate surface area is 116 Å². The largest absolute Gasteiger partial charge is 0.298 e. The first-order valence-electron chi connectivity index (χ1n) is 6.12. The predicted molar refractivity (Wildman–Crippen MR) is 77.7 cm³/mol. The van der Waals surface area contributed by atoms with E-state index < -0.39 is 0 Å². The molecule has 19 heavy (non-hydrogen) atoms. The average molecular weight is 274 g/mol. The quantitative estimate of drug-likeness (QED) is 0.795. The standard InChI is InChI=1S/C16H15FOS/c17-15-8-6-13(7-9-15)10-16(18)12-19-11-14-4-2-1-3-5-14/h1-9H,10-12H2. The maximum Gasteiger partial charge on any atom is 0.147 e. The summed E-state index contributed by atoms with van der Waals surface area (Å²) in [4.78, 5) is 11.8. The van der Waals surface area contributed by atoms with Crippen LogP contribution in [0.25, 0.3) is 0 Å². The Morgan fingerprint density at radius 1 is 0.947 bits per heavy atom. The monoisotopic (exact) mass is 274 g/mol. The van der Waals surface area contributed by atoms with Gasteiger partial charge >= 0.3 is 0 Å². The second-order valence-electron chi connectivity index (χ2n) is 4.32. The number of hydrogen-bond donors (Lipinski definition) is 0. The van der Waals surface area contributed by atoms with Crippen LogP contribution in [0.3, 0.4) is 0 Å². The van der Waals surface area contributed by atoms with Crippen LogP contribution in [0.15, 0.2) is 54.6 Å². The summed E-state index contributed by atoms with van der Waals surface area (Å²) >= 11 is 1.61. The molecule has 0 saturated heterocycles. The van der Waals surface area contributed by atoms with Gasteiger partial charge in [-0.25, -0.2) is 4.39 Å². The zero-order chi connectivity index (χ0) is 13.5. The van der Waals surface area contributed by atoms with Crippen molar-refractivity contribution < 1.29 is 9.18 Å². The third-order valence-electron chi connectivity index (χ3n) is 2.69. The van der Waals surface area contributed by atoms with Crippen LogP contribution in [-0.4, -0.2) is 11.5 Å². The van der Waals surface area contributed by atoms with Gasteiger partial charge in [-0.05, 0) is 23.3 Å². The van der Waals surface area contributed by atoms with Crippen molar-refractivity contribution in [3.63, 3.8) is 0 Å². The lowest BCUT2D eigenvalue weighted by Gasteiger charge is -2.02.